The Morgan fingerprint density at radius 3 is 3.00 bits per heavy atom. The van der Waals surface area contributed by atoms with Crippen LogP contribution in [0, 0.1) is 5.92 Å². The summed E-state index contributed by atoms with van der Waals surface area (Å²) in [6.07, 6.45) is 4.27. The number of carbonyl (C=O) groups is 1. The number of aldehydes is 1. The molecule has 0 saturated heterocycles. The summed E-state index contributed by atoms with van der Waals surface area (Å²) in [5, 5.41) is 4.82. The van der Waals surface area contributed by atoms with Crippen LogP contribution in [0.25, 0.3) is 0 Å². The van der Waals surface area contributed by atoms with Crippen LogP contribution in [-0.2, 0) is 17.8 Å². The molecule has 0 radical (unpaired) electrons. The van der Waals surface area contributed by atoms with Gasteiger partial charge in [-0.15, -0.1) is 0 Å². The second-order valence-corrected chi connectivity index (χ2v) is 3.89. The minimum atomic E-state index is -0.000180. The van der Waals surface area contributed by atoms with Gasteiger partial charge in [-0.25, -0.2) is 0 Å². The number of hydrogen-bond acceptors (Lipinski definition) is 2. The number of hydrogen-bond donors (Lipinski definition) is 0. The third-order valence-electron chi connectivity index (χ3n) is 2.08. The maximum Gasteiger partial charge on any atom is 0.123 e. The summed E-state index contributed by atoms with van der Waals surface area (Å²) in [6, 6.07) is 0. The normalized spacial score (nSPS) is 12.8. The minimum absolute atomic E-state index is 0.000180. The van der Waals surface area contributed by atoms with Crippen molar-refractivity contribution in [1.29, 1.82) is 0 Å². The van der Waals surface area contributed by atoms with E-state index >= 15 is 0 Å². The standard InChI is InChI=1S/C10H15ClN2O/c1-3-4-13-10(5-8(2)7-14)9(11)6-12-13/h6-8H,3-5H2,1-2H3. The second-order valence-electron chi connectivity index (χ2n) is 3.48. The molecule has 1 heterocycles. The average Bonchev–Trinajstić information content (AvgIpc) is 2.50. The zero-order valence-corrected chi connectivity index (χ0v) is 9.29. The summed E-state index contributed by atoms with van der Waals surface area (Å²) in [7, 11) is 0. The van der Waals surface area contributed by atoms with E-state index in [0.717, 1.165) is 24.9 Å². The molecule has 1 atom stereocenters. The Labute approximate surface area is 89.1 Å². The highest BCUT2D eigenvalue weighted by Crippen LogP contribution is 2.18. The molecule has 1 aromatic rings. The first-order valence-corrected chi connectivity index (χ1v) is 5.22. The lowest BCUT2D eigenvalue weighted by atomic mass is 10.1. The SMILES string of the molecule is CCCn1ncc(Cl)c1CC(C)C=O. The van der Waals surface area contributed by atoms with Crippen molar-refractivity contribution in [3.8, 4) is 0 Å². The van der Waals surface area contributed by atoms with Crippen LogP contribution in [-0.4, -0.2) is 16.1 Å². The highest BCUT2D eigenvalue weighted by molar-refractivity contribution is 6.31. The van der Waals surface area contributed by atoms with Crippen LogP contribution in [0.2, 0.25) is 5.02 Å². The van der Waals surface area contributed by atoms with Gasteiger partial charge in [0.1, 0.15) is 6.29 Å². The van der Waals surface area contributed by atoms with Crippen molar-refractivity contribution in [2.75, 3.05) is 0 Å². The average molecular weight is 215 g/mol. The molecule has 0 saturated carbocycles. The van der Waals surface area contributed by atoms with E-state index in [-0.39, 0.29) is 5.92 Å². The molecule has 0 aliphatic rings. The summed E-state index contributed by atoms with van der Waals surface area (Å²) in [6.45, 7) is 4.82. The van der Waals surface area contributed by atoms with Crippen LogP contribution in [0.3, 0.4) is 0 Å². The van der Waals surface area contributed by atoms with Gasteiger partial charge in [0.05, 0.1) is 16.9 Å². The fourth-order valence-corrected chi connectivity index (χ4v) is 1.57. The molecular weight excluding hydrogens is 200 g/mol. The molecule has 0 amide bonds. The molecule has 78 valence electrons. The van der Waals surface area contributed by atoms with Crippen LogP contribution in [0.5, 0.6) is 0 Å². The molecule has 0 N–H and O–H groups in total. The number of carbonyl (C=O) groups excluding carboxylic acids is 1. The van der Waals surface area contributed by atoms with Gasteiger partial charge in [0.2, 0.25) is 0 Å². The second kappa shape index (κ2) is 5.15. The number of nitrogens with zero attached hydrogens (tertiary/aromatic N) is 2. The highest BCUT2D eigenvalue weighted by atomic mass is 35.5. The zero-order valence-electron chi connectivity index (χ0n) is 8.53. The minimum Gasteiger partial charge on any atom is -0.303 e. The van der Waals surface area contributed by atoms with E-state index in [9.17, 15) is 4.79 Å². The Bertz CT molecular complexity index is 309. The molecule has 1 aromatic heterocycles. The Balaban J connectivity index is 2.81. The predicted molar refractivity (Wildman–Crippen MR) is 56.5 cm³/mol. The van der Waals surface area contributed by atoms with E-state index < -0.39 is 0 Å². The van der Waals surface area contributed by atoms with Crippen molar-refractivity contribution in [1.82, 2.24) is 9.78 Å². The van der Waals surface area contributed by atoms with Crippen LogP contribution in [0.4, 0.5) is 0 Å². The fourth-order valence-electron chi connectivity index (χ4n) is 1.35. The summed E-state index contributed by atoms with van der Waals surface area (Å²) in [5.74, 6) is -0.000180. The third kappa shape index (κ3) is 2.58. The van der Waals surface area contributed by atoms with Gasteiger partial charge in [-0.1, -0.05) is 25.4 Å². The van der Waals surface area contributed by atoms with Crippen molar-refractivity contribution >= 4 is 17.9 Å². The summed E-state index contributed by atoms with van der Waals surface area (Å²) < 4.78 is 1.88. The number of aromatic nitrogens is 2. The molecule has 1 unspecified atom stereocenters. The number of halogens is 1. The van der Waals surface area contributed by atoms with E-state index in [4.69, 9.17) is 11.6 Å². The predicted octanol–water partition coefficient (Wildman–Crippen LogP) is 2.32. The van der Waals surface area contributed by atoms with E-state index in [1.165, 1.54) is 0 Å². The highest BCUT2D eigenvalue weighted by Gasteiger charge is 2.11. The van der Waals surface area contributed by atoms with E-state index in [1.807, 2.05) is 11.6 Å². The van der Waals surface area contributed by atoms with Crippen LogP contribution < -0.4 is 0 Å². The Morgan fingerprint density at radius 1 is 1.71 bits per heavy atom. The smallest absolute Gasteiger partial charge is 0.123 e. The largest absolute Gasteiger partial charge is 0.303 e. The maximum absolute atomic E-state index is 10.5. The zero-order chi connectivity index (χ0) is 10.6. The lowest BCUT2D eigenvalue weighted by Crippen LogP contribution is -2.09. The molecule has 4 heteroatoms. The van der Waals surface area contributed by atoms with Crippen LogP contribution in [0.15, 0.2) is 6.20 Å². The van der Waals surface area contributed by atoms with Gasteiger partial charge < -0.3 is 4.79 Å². The Kier molecular flexibility index (Phi) is 4.14. The van der Waals surface area contributed by atoms with E-state index in [1.54, 1.807) is 6.20 Å². The van der Waals surface area contributed by atoms with Crippen molar-refractivity contribution in [2.45, 2.75) is 33.2 Å². The fraction of sp³-hybridized carbons (Fsp3) is 0.600. The van der Waals surface area contributed by atoms with Gasteiger partial charge >= 0.3 is 0 Å². The molecule has 14 heavy (non-hydrogen) atoms. The van der Waals surface area contributed by atoms with E-state index in [2.05, 4.69) is 12.0 Å². The van der Waals surface area contributed by atoms with Gasteiger partial charge in [-0.3, -0.25) is 4.68 Å². The number of aryl methyl sites for hydroxylation is 1. The molecule has 0 fully saturated rings. The quantitative estimate of drug-likeness (QED) is 0.706. The lowest BCUT2D eigenvalue weighted by Gasteiger charge is -2.07. The topological polar surface area (TPSA) is 34.9 Å². The van der Waals surface area contributed by atoms with Crippen molar-refractivity contribution < 1.29 is 4.79 Å². The number of rotatable bonds is 5. The molecule has 0 bridgehead atoms. The summed E-state index contributed by atoms with van der Waals surface area (Å²) in [4.78, 5) is 10.5. The van der Waals surface area contributed by atoms with Gasteiger partial charge in [0.15, 0.2) is 0 Å². The Hall–Kier alpha value is -0.830. The summed E-state index contributed by atoms with van der Waals surface area (Å²) in [5.41, 5.74) is 0.966. The van der Waals surface area contributed by atoms with Crippen LogP contribution >= 0.6 is 11.6 Å². The first-order chi connectivity index (χ1) is 6.69. The van der Waals surface area contributed by atoms with Crippen molar-refractivity contribution in [2.24, 2.45) is 5.92 Å². The monoisotopic (exact) mass is 214 g/mol. The first-order valence-electron chi connectivity index (χ1n) is 4.84. The van der Waals surface area contributed by atoms with Gasteiger partial charge in [-0.05, 0) is 6.42 Å². The molecule has 0 spiro atoms. The van der Waals surface area contributed by atoms with Gasteiger partial charge in [0.25, 0.3) is 0 Å². The maximum atomic E-state index is 10.5. The van der Waals surface area contributed by atoms with Gasteiger partial charge in [-0.2, -0.15) is 5.10 Å². The molecule has 1 rings (SSSR count). The molecule has 3 nitrogen and oxygen atoms in total. The summed E-state index contributed by atoms with van der Waals surface area (Å²) >= 11 is 5.98. The molecule has 0 aromatic carbocycles. The third-order valence-corrected chi connectivity index (χ3v) is 2.40. The molecule has 0 aliphatic heterocycles. The van der Waals surface area contributed by atoms with Crippen molar-refractivity contribution in [3.63, 3.8) is 0 Å². The Morgan fingerprint density at radius 2 is 2.43 bits per heavy atom. The lowest BCUT2D eigenvalue weighted by molar-refractivity contribution is -0.110. The van der Waals surface area contributed by atoms with Crippen LogP contribution in [0.1, 0.15) is 26.0 Å². The molecular formula is C10H15ClN2O. The van der Waals surface area contributed by atoms with Gasteiger partial charge in [0, 0.05) is 18.9 Å². The first kappa shape index (κ1) is 11.2. The molecule has 0 aliphatic carbocycles. The van der Waals surface area contributed by atoms with Crippen molar-refractivity contribution in [3.05, 3.63) is 16.9 Å². The van der Waals surface area contributed by atoms with E-state index in [0.29, 0.717) is 11.4 Å².